The number of aromatic nitrogens is 2. The zero-order chi connectivity index (χ0) is 22.2. The molecule has 0 aliphatic rings. The normalized spacial score (nSPS) is 10.7. The summed E-state index contributed by atoms with van der Waals surface area (Å²) in [6.07, 6.45) is 0. The van der Waals surface area contributed by atoms with Crippen LogP contribution in [-0.4, -0.2) is 31.3 Å². The summed E-state index contributed by atoms with van der Waals surface area (Å²) in [6, 6.07) is 10.1. The predicted molar refractivity (Wildman–Crippen MR) is 121 cm³/mol. The van der Waals surface area contributed by atoms with Crippen molar-refractivity contribution in [3.8, 4) is 11.5 Å². The van der Waals surface area contributed by atoms with Gasteiger partial charge in [0.05, 0.1) is 26.9 Å². The maximum atomic E-state index is 11.1. The highest BCUT2D eigenvalue weighted by molar-refractivity contribution is 9.10. The summed E-state index contributed by atoms with van der Waals surface area (Å²) in [4.78, 5) is 19.4. The van der Waals surface area contributed by atoms with Crippen molar-refractivity contribution in [1.29, 1.82) is 0 Å². The van der Waals surface area contributed by atoms with Gasteiger partial charge in [-0.15, -0.1) is 0 Å². The molecule has 0 bridgehead atoms. The molecule has 0 radical (unpaired) electrons. The van der Waals surface area contributed by atoms with Gasteiger partial charge in [-0.25, -0.2) is 14.8 Å². The lowest BCUT2D eigenvalue weighted by atomic mass is 10.1. The Bertz CT molecular complexity index is 1310. The molecule has 0 aliphatic carbocycles. The Kier molecular flexibility index (Phi) is 6.36. The number of hydrogen-bond acceptors (Lipinski definition) is 5. The molecule has 30 heavy (non-hydrogen) atoms. The molecule has 4 rings (SSSR count). The first-order chi connectivity index (χ1) is 14.1. The number of carbonyl (C=O) groups is 1. The summed E-state index contributed by atoms with van der Waals surface area (Å²) in [5, 5.41) is 30.5. The number of rotatable bonds is 1. The molecule has 4 aromatic rings. The van der Waals surface area contributed by atoms with E-state index in [0.29, 0.717) is 31.1 Å². The number of nitrogens with zero attached hydrogens (tertiary/aromatic N) is 2. The van der Waals surface area contributed by atoms with Crippen LogP contribution >= 0.6 is 39.1 Å². The monoisotopic (exact) mass is 508 g/mol. The fourth-order valence-electron chi connectivity index (χ4n) is 2.87. The number of aromatic hydroxyl groups is 2. The minimum atomic E-state index is -1.20. The SMILES string of the molecule is Cc1nc2ccc(Cl)cc2c(Br)c1O.Cc1nc2ccc(Cl)cc2c(C(=O)O)c1O. The number of fused-ring (bicyclic) bond motifs is 2. The molecule has 0 saturated carbocycles. The molecule has 0 fully saturated rings. The van der Waals surface area contributed by atoms with E-state index >= 15 is 0 Å². The van der Waals surface area contributed by atoms with Crippen LogP contribution in [0.1, 0.15) is 21.7 Å². The van der Waals surface area contributed by atoms with E-state index in [1.165, 1.54) is 6.07 Å². The van der Waals surface area contributed by atoms with Crippen LogP contribution in [0.15, 0.2) is 40.9 Å². The summed E-state index contributed by atoms with van der Waals surface area (Å²) in [5.74, 6) is -1.35. The van der Waals surface area contributed by atoms with E-state index in [1.54, 1.807) is 38.1 Å². The van der Waals surface area contributed by atoms with Crippen molar-refractivity contribution in [2.75, 3.05) is 0 Å². The summed E-state index contributed by atoms with van der Waals surface area (Å²) >= 11 is 15.0. The third-order valence-corrected chi connectivity index (χ3v) is 5.62. The largest absolute Gasteiger partial charge is 0.505 e. The van der Waals surface area contributed by atoms with Crippen molar-refractivity contribution in [2.45, 2.75) is 13.8 Å². The Balaban J connectivity index is 0.000000172. The van der Waals surface area contributed by atoms with Crippen LogP contribution in [0.2, 0.25) is 10.0 Å². The van der Waals surface area contributed by atoms with Crippen molar-refractivity contribution < 1.29 is 20.1 Å². The van der Waals surface area contributed by atoms with E-state index < -0.39 is 5.97 Å². The second kappa shape index (κ2) is 8.63. The maximum Gasteiger partial charge on any atom is 0.340 e. The molecule has 9 heteroatoms. The molecule has 0 unspecified atom stereocenters. The zero-order valence-electron chi connectivity index (χ0n) is 15.7. The highest BCUT2D eigenvalue weighted by Gasteiger charge is 2.18. The van der Waals surface area contributed by atoms with Crippen molar-refractivity contribution in [2.24, 2.45) is 0 Å². The number of aromatic carboxylic acids is 1. The van der Waals surface area contributed by atoms with Crippen molar-refractivity contribution in [1.82, 2.24) is 9.97 Å². The molecule has 0 saturated heterocycles. The lowest BCUT2D eigenvalue weighted by Crippen LogP contribution is -2.01. The summed E-state index contributed by atoms with van der Waals surface area (Å²) in [7, 11) is 0. The van der Waals surface area contributed by atoms with E-state index in [1.807, 2.05) is 6.07 Å². The van der Waals surface area contributed by atoms with Gasteiger partial charge < -0.3 is 15.3 Å². The van der Waals surface area contributed by atoms with Gasteiger partial charge in [-0.2, -0.15) is 0 Å². The average molecular weight is 510 g/mol. The number of hydrogen-bond donors (Lipinski definition) is 3. The van der Waals surface area contributed by atoms with Crippen LogP contribution in [-0.2, 0) is 0 Å². The molecule has 0 spiro atoms. The van der Waals surface area contributed by atoms with Crippen LogP contribution < -0.4 is 0 Å². The zero-order valence-corrected chi connectivity index (χ0v) is 18.8. The van der Waals surface area contributed by atoms with Crippen molar-refractivity contribution >= 4 is 66.9 Å². The third-order valence-electron chi connectivity index (χ3n) is 4.34. The number of carboxylic acid groups (broad SMARTS) is 1. The minimum Gasteiger partial charge on any atom is -0.505 e. The van der Waals surface area contributed by atoms with Crippen LogP contribution in [0.5, 0.6) is 11.5 Å². The van der Waals surface area contributed by atoms with E-state index in [4.69, 9.17) is 28.3 Å². The maximum absolute atomic E-state index is 11.1. The lowest BCUT2D eigenvalue weighted by Gasteiger charge is -2.07. The fraction of sp³-hybridized carbons (Fsp3) is 0.0952. The van der Waals surface area contributed by atoms with E-state index in [-0.39, 0.29) is 22.8 Å². The van der Waals surface area contributed by atoms with Gasteiger partial charge in [-0.05, 0) is 66.2 Å². The highest BCUT2D eigenvalue weighted by atomic mass is 79.9. The van der Waals surface area contributed by atoms with E-state index in [0.717, 1.165) is 10.9 Å². The van der Waals surface area contributed by atoms with Gasteiger partial charge in [0.15, 0.2) is 11.5 Å². The Morgan fingerprint density at radius 2 is 1.33 bits per heavy atom. The van der Waals surface area contributed by atoms with Crippen molar-refractivity contribution in [3.63, 3.8) is 0 Å². The third kappa shape index (κ3) is 4.28. The van der Waals surface area contributed by atoms with Crippen LogP contribution in [0, 0.1) is 13.8 Å². The molecular formula is C21H15BrCl2N2O4. The lowest BCUT2D eigenvalue weighted by molar-refractivity contribution is 0.0695. The van der Waals surface area contributed by atoms with E-state index in [9.17, 15) is 15.0 Å². The highest BCUT2D eigenvalue weighted by Crippen LogP contribution is 2.34. The van der Waals surface area contributed by atoms with Gasteiger partial charge in [-0.3, -0.25) is 0 Å². The number of carboxylic acids is 1. The Morgan fingerprint density at radius 1 is 0.867 bits per heavy atom. The summed E-state index contributed by atoms with van der Waals surface area (Å²) in [6.45, 7) is 3.31. The molecule has 2 aromatic carbocycles. The van der Waals surface area contributed by atoms with Gasteiger partial charge in [0.2, 0.25) is 0 Å². The summed E-state index contributed by atoms with van der Waals surface area (Å²) < 4.78 is 0.641. The Morgan fingerprint density at radius 3 is 1.87 bits per heavy atom. The smallest absolute Gasteiger partial charge is 0.340 e. The van der Waals surface area contributed by atoms with Gasteiger partial charge in [0.25, 0.3) is 0 Å². The molecule has 0 atom stereocenters. The predicted octanol–water partition coefficient (Wildman–Crippen LogP) is 6.27. The number of benzene rings is 2. The molecule has 0 aliphatic heterocycles. The number of pyridine rings is 2. The fourth-order valence-corrected chi connectivity index (χ4v) is 3.81. The molecule has 0 amide bonds. The quantitative estimate of drug-likeness (QED) is 0.279. The molecular weight excluding hydrogens is 495 g/mol. The first-order valence-corrected chi connectivity index (χ1v) is 10.1. The van der Waals surface area contributed by atoms with Gasteiger partial charge in [-0.1, -0.05) is 23.2 Å². The van der Waals surface area contributed by atoms with Crippen LogP contribution in [0.3, 0.4) is 0 Å². The van der Waals surface area contributed by atoms with Crippen LogP contribution in [0.25, 0.3) is 21.8 Å². The van der Waals surface area contributed by atoms with Crippen molar-refractivity contribution in [3.05, 3.63) is 67.9 Å². The molecule has 6 nitrogen and oxygen atoms in total. The van der Waals surface area contributed by atoms with E-state index in [2.05, 4.69) is 25.9 Å². The first kappa shape index (κ1) is 22.1. The topological polar surface area (TPSA) is 104 Å². The Hall–Kier alpha value is -2.61. The van der Waals surface area contributed by atoms with Gasteiger partial charge in [0.1, 0.15) is 5.56 Å². The summed E-state index contributed by atoms with van der Waals surface area (Å²) in [5.41, 5.74) is 2.04. The minimum absolute atomic E-state index is 0.162. The standard InChI is InChI=1S/C11H8ClNO3.C10H7BrClNO/c1-5-10(14)9(11(15)16)7-4-6(12)2-3-8(7)13-5;1-5-10(14)9(11)7-4-6(12)2-3-8(7)13-5/h2-4,14H,1H3,(H,15,16);2-4,14H,1H3. The molecule has 154 valence electrons. The second-order valence-electron chi connectivity index (χ2n) is 6.41. The molecule has 3 N–H and O–H groups in total. The Labute approximate surface area is 189 Å². The molecule has 2 heterocycles. The first-order valence-electron chi connectivity index (χ1n) is 8.56. The number of halogens is 3. The average Bonchev–Trinajstić information content (AvgIpc) is 2.68. The van der Waals surface area contributed by atoms with Crippen LogP contribution in [0.4, 0.5) is 0 Å². The van der Waals surface area contributed by atoms with Gasteiger partial charge >= 0.3 is 5.97 Å². The molecule has 2 aromatic heterocycles. The second-order valence-corrected chi connectivity index (χ2v) is 8.07. The van der Waals surface area contributed by atoms with Gasteiger partial charge in [0, 0.05) is 20.8 Å². The number of aryl methyl sites for hydroxylation is 2.